The molecular formula is C17H32N2O5. The molecule has 0 radical (unpaired) electrons. The zero-order valence-electron chi connectivity index (χ0n) is 15.9. The second-order valence-corrected chi connectivity index (χ2v) is 8.25. The van der Waals surface area contributed by atoms with E-state index in [1.807, 2.05) is 41.5 Å². The van der Waals surface area contributed by atoms with Crippen LogP contribution in [0.5, 0.6) is 0 Å². The molecule has 7 nitrogen and oxygen atoms in total. The van der Waals surface area contributed by atoms with Gasteiger partial charge in [0.25, 0.3) is 0 Å². The van der Waals surface area contributed by atoms with Crippen molar-refractivity contribution in [2.75, 3.05) is 7.11 Å². The predicted molar refractivity (Wildman–Crippen MR) is 91.0 cm³/mol. The van der Waals surface area contributed by atoms with E-state index in [0.717, 1.165) is 0 Å². The predicted octanol–water partition coefficient (Wildman–Crippen LogP) is 2.97. The molecule has 0 heterocycles. The van der Waals surface area contributed by atoms with Crippen LogP contribution in [0.25, 0.3) is 0 Å². The summed E-state index contributed by atoms with van der Waals surface area (Å²) in [6, 6.07) is -0.253. The lowest BCUT2D eigenvalue weighted by Gasteiger charge is -2.35. The lowest BCUT2D eigenvalue weighted by molar-refractivity contribution is 0.0247. The van der Waals surface area contributed by atoms with E-state index in [1.165, 1.54) is 0 Å². The Hall–Kier alpha value is -1.50. The molecule has 0 aromatic carbocycles. The molecule has 0 bridgehead atoms. The number of rotatable bonds is 3. The van der Waals surface area contributed by atoms with E-state index < -0.39 is 23.4 Å². The highest BCUT2D eigenvalue weighted by atomic mass is 16.6. The zero-order chi connectivity index (χ0) is 18.5. The number of methoxy groups -OCH3 is 1. The molecule has 1 aliphatic carbocycles. The van der Waals surface area contributed by atoms with E-state index in [4.69, 9.17) is 14.2 Å². The normalized spacial score (nSPS) is 24.9. The van der Waals surface area contributed by atoms with Gasteiger partial charge in [0.2, 0.25) is 0 Å². The third-order valence-corrected chi connectivity index (χ3v) is 3.44. The first kappa shape index (κ1) is 20.5. The highest BCUT2D eigenvalue weighted by Gasteiger charge is 2.32. The van der Waals surface area contributed by atoms with Crippen molar-refractivity contribution in [1.82, 2.24) is 10.6 Å². The van der Waals surface area contributed by atoms with Gasteiger partial charge in [0.15, 0.2) is 0 Å². The summed E-state index contributed by atoms with van der Waals surface area (Å²) in [4.78, 5) is 23.9. The van der Waals surface area contributed by atoms with Crippen molar-refractivity contribution < 1.29 is 23.8 Å². The van der Waals surface area contributed by atoms with Gasteiger partial charge in [0.1, 0.15) is 11.2 Å². The highest BCUT2D eigenvalue weighted by Crippen LogP contribution is 2.22. The largest absolute Gasteiger partial charge is 0.444 e. The highest BCUT2D eigenvalue weighted by molar-refractivity contribution is 5.69. The average molecular weight is 344 g/mol. The summed E-state index contributed by atoms with van der Waals surface area (Å²) < 4.78 is 16.0. The molecule has 1 rings (SSSR count). The number of ether oxygens (including phenoxy) is 3. The Morgan fingerprint density at radius 3 is 1.46 bits per heavy atom. The van der Waals surface area contributed by atoms with Crippen LogP contribution in [-0.2, 0) is 14.2 Å². The van der Waals surface area contributed by atoms with E-state index in [2.05, 4.69) is 10.6 Å². The van der Waals surface area contributed by atoms with Crippen LogP contribution >= 0.6 is 0 Å². The van der Waals surface area contributed by atoms with Crippen molar-refractivity contribution in [2.45, 2.75) is 90.2 Å². The second kappa shape index (κ2) is 8.05. The van der Waals surface area contributed by atoms with Gasteiger partial charge in [-0.2, -0.15) is 0 Å². The van der Waals surface area contributed by atoms with Gasteiger partial charge in [-0.1, -0.05) is 0 Å². The Labute approximate surface area is 144 Å². The minimum absolute atomic E-state index is 0.0429. The second-order valence-electron chi connectivity index (χ2n) is 8.25. The molecule has 2 unspecified atom stereocenters. The van der Waals surface area contributed by atoms with Gasteiger partial charge in [-0.05, 0) is 60.8 Å². The number of carbonyl (C=O) groups is 2. The maximum Gasteiger partial charge on any atom is 0.407 e. The lowest BCUT2D eigenvalue weighted by Crippen LogP contribution is -2.51. The standard InChI is InChI=1S/C17H32N2O5/c1-16(2,3)23-14(20)18-11-8-12(10-13(9-11)22-7)19-15(21)24-17(4,5)6/h11-13H,8-10H2,1-7H3,(H,18,20)(H,19,21). The first-order chi connectivity index (χ1) is 10.9. The van der Waals surface area contributed by atoms with Gasteiger partial charge < -0.3 is 24.8 Å². The third-order valence-electron chi connectivity index (χ3n) is 3.44. The Balaban J connectivity index is 2.59. The Kier molecular flexibility index (Phi) is 6.89. The van der Waals surface area contributed by atoms with E-state index in [9.17, 15) is 9.59 Å². The molecule has 0 saturated heterocycles. The number of carbonyl (C=O) groups excluding carboxylic acids is 2. The van der Waals surface area contributed by atoms with Gasteiger partial charge in [0.05, 0.1) is 6.10 Å². The van der Waals surface area contributed by atoms with Crippen LogP contribution in [0.15, 0.2) is 0 Å². The zero-order valence-corrected chi connectivity index (χ0v) is 15.9. The fourth-order valence-electron chi connectivity index (χ4n) is 2.64. The van der Waals surface area contributed by atoms with Crippen molar-refractivity contribution in [3.63, 3.8) is 0 Å². The number of alkyl carbamates (subject to hydrolysis) is 2. The number of amides is 2. The van der Waals surface area contributed by atoms with E-state index in [0.29, 0.717) is 19.3 Å². The van der Waals surface area contributed by atoms with Crippen LogP contribution in [0, 0.1) is 0 Å². The monoisotopic (exact) mass is 344 g/mol. The fourth-order valence-corrected chi connectivity index (χ4v) is 2.64. The molecule has 2 atom stereocenters. The number of nitrogens with one attached hydrogen (secondary N) is 2. The Bertz CT molecular complexity index is 401. The van der Waals surface area contributed by atoms with Crippen molar-refractivity contribution in [1.29, 1.82) is 0 Å². The van der Waals surface area contributed by atoms with E-state index in [1.54, 1.807) is 7.11 Å². The maximum absolute atomic E-state index is 12.0. The van der Waals surface area contributed by atoms with Crippen molar-refractivity contribution >= 4 is 12.2 Å². The molecular weight excluding hydrogens is 312 g/mol. The van der Waals surface area contributed by atoms with Gasteiger partial charge in [-0.3, -0.25) is 0 Å². The Morgan fingerprint density at radius 2 is 1.17 bits per heavy atom. The van der Waals surface area contributed by atoms with Crippen LogP contribution in [0.2, 0.25) is 0 Å². The summed E-state index contributed by atoms with van der Waals surface area (Å²) in [5.74, 6) is 0. The van der Waals surface area contributed by atoms with Crippen LogP contribution in [0.1, 0.15) is 60.8 Å². The minimum atomic E-state index is -0.548. The smallest absolute Gasteiger partial charge is 0.407 e. The van der Waals surface area contributed by atoms with Gasteiger partial charge in [-0.15, -0.1) is 0 Å². The molecule has 0 aromatic rings. The average Bonchev–Trinajstić information content (AvgIpc) is 2.33. The summed E-state index contributed by atoms with van der Waals surface area (Å²) in [6.07, 6.45) is 1.02. The topological polar surface area (TPSA) is 85.9 Å². The van der Waals surface area contributed by atoms with Crippen molar-refractivity contribution in [3.05, 3.63) is 0 Å². The quantitative estimate of drug-likeness (QED) is 0.822. The SMILES string of the molecule is COC1CC(NC(=O)OC(C)(C)C)CC(NC(=O)OC(C)(C)C)C1. The first-order valence-corrected chi connectivity index (χ1v) is 8.40. The third kappa shape index (κ3) is 8.38. The molecule has 2 amide bonds. The summed E-state index contributed by atoms with van der Waals surface area (Å²) in [6.45, 7) is 10.9. The van der Waals surface area contributed by atoms with Crippen LogP contribution < -0.4 is 10.6 Å². The molecule has 24 heavy (non-hydrogen) atoms. The van der Waals surface area contributed by atoms with Crippen LogP contribution in [0.3, 0.4) is 0 Å². The van der Waals surface area contributed by atoms with E-state index in [-0.39, 0.29) is 18.2 Å². The molecule has 140 valence electrons. The fraction of sp³-hybridized carbons (Fsp3) is 0.882. The van der Waals surface area contributed by atoms with Gasteiger partial charge in [0, 0.05) is 19.2 Å². The van der Waals surface area contributed by atoms with Gasteiger partial charge >= 0.3 is 12.2 Å². The molecule has 0 aliphatic heterocycles. The molecule has 0 spiro atoms. The first-order valence-electron chi connectivity index (χ1n) is 8.40. The van der Waals surface area contributed by atoms with Crippen LogP contribution in [0.4, 0.5) is 9.59 Å². The molecule has 1 saturated carbocycles. The van der Waals surface area contributed by atoms with Crippen molar-refractivity contribution in [2.24, 2.45) is 0 Å². The molecule has 1 aliphatic rings. The summed E-state index contributed by atoms with van der Waals surface area (Å²) in [5, 5.41) is 5.72. The summed E-state index contributed by atoms with van der Waals surface area (Å²) in [7, 11) is 1.63. The molecule has 2 N–H and O–H groups in total. The van der Waals surface area contributed by atoms with Crippen molar-refractivity contribution in [3.8, 4) is 0 Å². The van der Waals surface area contributed by atoms with Crippen LogP contribution in [-0.4, -0.2) is 48.7 Å². The lowest BCUT2D eigenvalue weighted by atomic mass is 9.88. The summed E-state index contributed by atoms with van der Waals surface area (Å²) in [5.41, 5.74) is -1.10. The minimum Gasteiger partial charge on any atom is -0.444 e. The number of hydrogen-bond acceptors (Lipinski definition) is 5. The Morgan fingerprint density at radius 1 is 0.792 bits per heavy atom. The molecule has 7 heteroatoms. The number of hydrogen-bond donors (Lipinski definition) is 2. The molecule has 0 aromatic heterocycles. The van der Waals surface area contributed by atoms with Gasteiger partial charge in [-0.25, -0.2) is 9.59 Å². The van der Waals surface area contributed by atoms with E-state index >= 15 is 0 Å². The molecule has 1 fully saturated rings. The summed E-state index contributed by atoms with van der Waals surface area (Å²) >= 11 is 0. The maximum atomic E-state index is 12.0.